The molecule has 0 radical (unpaired) electrons. The average molecular weight is 242 g/mol. The van der Waals surface area contributed by atoms with Crippen LogP contribution in [0.4, 0.5) is 0 Å². The molecule has 0 saturated carbocycles. The summed E-state index contributed by atoms with van der Waals surface area (Å²) in [5.41, 5.74) is 0. The molecule has 0 unspecified atom stereocenters. The first-order chi connectivity index (χ1) is 8.59. The third kappa shape index (κ3) is 5.11. The first-order valence-corrected chi connectivity index (χ1v) is 5.16. The number of carbonyl (C=O) groups is 1. The summed E-state index contributed by atoms with van der Waals surface area (Å²) in [4.78, 5) is 10.8. The molecule has 0 aromatic carbocycles. The molecule has 1 saturated heterocycles. The summed E-state index contributed by atoms with van der Waals surface area (Å²) in [6.07, 6.45) is -2.46. The minimum atomic E-state index is -0.894. The molecule has 3 atom stereocenters. The Kier molecular flexibility index (Phi) is 5.37. The number of carbonyl (C=O) groups excluding carboxylic acids is 1. The smallest absolute Gasteiger partial charge is 0.309 e. The van der Waals surface area contributed by atoms with E-state index in [1.165, 1.54) is 6.92 Å². The van der Waals surface area contributed by atoms with Crippen molar-refractivity contribution in [3.63, 3.8) is 0 Å². The summed E-state index contributed by atoms with van der Waals surface area (Å²) < 4.78 is 4.73. The van der Waals surface area contributed by atoms with E-state index in [-0.39, 0.29) is 6.42 Å². The first-order valence-electron chi connectivity index (χ1n) is 5.16. The van der Waals surface area contributed by atoms with Crippen LogP contribution in [-0.2, 0) is 9.53 Å². The molecule has 1 aliphatic rings. The van der Waals surface area contributed by atoms with Gasteiger partial charge in [0.1, 0.15) is 12.2 Å². The second-order valence-corrected chi connectivity index (χ2v) is 3.40. The van der Waals surface area contributed by atoms with Crippen molar-refractivity contribution in [1.82, 2.24) is 0 Å². The fraction of sp³-hybridized carbons (Fsp3) is 0.357. The highest BCUT2D eigenvalue weighted by atomic mass is 16.6. The molecule has 1 fully saturated rings. The number of hydrogen-bond donors (Lipinski definition) is 2. The summed E-state index contributed by atoms with van der Waals surface area (Å²) in [5.74, 6) is 19.0. The lowest BCUT2D eigenvalue weighted by atomic mass is 10.2. The van der Waals surface area contributed by atoms with E-state index >= 15 is 0 Å². The van der Waals surface area contributed by atoms with Gasteiger partial charge in [0, 0.05) is 0 Å². The maximum absolute atomic E-state index is 10.8. The molecule has 1 aliphatic heterocycles. The van der Waals surface area contributed by atoms with Crippen molar-refractivity contribution >= 4 is 5.97 Å². The van der Waals surface area contributed by atoms with Gasteiger partial charge in [0.05, 0.1) is 6.42 Å². The molecule has 0 aromatic heterocycles. The molecule has 0 aliphatic carbocycles. The van der Waals surface area contributed by atoms with E-state index in [1.54, 1.807) is 0 Å². The predicted molar refractivity (Wildman–Crippen MR) is 63.3 cm³/mol. The van der Waals surface area contributed by atoms with Crippen LogP contribution >= 0.6 is 0 Å². The van der Waals surface area contributed by atoms with Crippen LogP contribution in [0.25, 0.3) is 0 Å². The fourth-order valence-corrected chi connectivity index (χ4v) is 1.04. The minimum absolute atomic E-state index is 0.0402. The Labute approximate surface area is 105 Å². The number of hydrogen-bond acceptors (Lipinski definition) is 4. The Balaban J connectivity index is 2.48. The van der Waals surface area contributed by atoms with Gasteiger partial charge in [-0.2, -0.15) is 0 Å². The molecule has 90 valence electrons. The quantitative estimate of drug-likeness (QED) is 0.425. The van der Waals surface area contributed by atoms with Gasteiger partial charge in [-0.05, 0) is 48.4 Å². The summed E-state index contributed by atoms with van der Waals surface area (Å²) in [6.45, 7) is 1.53. The highest BCUT2D eigenvalue weighted by molar-refractivity contribution is 5.73. The molecule has 4 nitrogen and oxygen atoms in total. The number of aliphatic hydroxyl groups excluding tert-OH is 2. The summed E-state index contributed by atoms with van der Waals surface area (Å²) in [5, 5.41) is 18.1. The van der Waals surface area contributed by atoms with Gasteiger partial charge in [-0.1, -0.05) is 5.92 Å². The number of rotatable bonds is 0. The van der Waals surface area contributed by atoms with Crippen LogP contribution in [0.1, 0.15) is 13.3 Å². The number of esters is 1. The monoisotopic (exact) mass is 242 g/mol. The molecule has 0 aromatic rings. The van der Waals surface area contributed by atoms with E-state index in [1.807, 2.05) is 0 Å². The summed E-state index contributed by atoms with van der Waals surface area (Å²) >= 11 is 0. The maximum Gasteiger partial charge on any atom is 0.309 e. The van der Waals surface area contributed by atoms with Crippen molar-refractivity contribution < 1.29 is 19.7 Å². The number of ether oxygens (including phenoxy) is 1. The van der Waals surface area contributed by atoms with Gasteiger partial charge >= 0.3 is 5.97 Å². The Morgan fingerprint density at radius 1 is 1.22 bits per heavy atom. The lowest BCUT2D eigenvalue weighted by molar-refractivity contribution is -0.139. The fourth-order valence-electron chi connectivity index (χ4n) is 1.04. The first kappa shape index (κ1) is 13.7. The van der Waals surface area contributed by atoms with E-state index in [0.29, 0.717) is 0 Å². The second kappa shape index (κ2) is 7.05. The Morgan fingerprint density at radius 3 is 2.39 bits per heavy atom. The van der Waals surface area contributed by atoms with E-state index < -0.39 is 24.3 Å². The van der Waals surface area contributed by atoms with Crippen molar-refractivity contribution in [1.29, 1.82) is 0 Å². The Bertz CT molecular complexity index is 558. The van der Waals surface area contributed by atoms with Crippen LogP contribution in [0.5, 0.6) is 0 Å². The largest absolute Gasteiger partial charge is 0.446 e. The topological polar surface area (TPSA) is 66.8 Å². The maximum atomic E-state index is 10.8. The molecule has 18 heavy (non-hydrogen) atoms. The lowest BCUT2D eigenvalue weighted by Gasteiger charge is -2.02. The van der Waals surface area contributed by atoms with Crippen molar-refractivity contribution in [3.05, 3.63) is 0 Å². The predicted octanol–water partition coefficient (Wildman–Crippen LogP) is -0.943. The zero-order valence-electron chi connectivity index (χ0n) is 9.65. The molecule has 1 rings (SSSR count). The zero-order valence-corrected chi connectivity index (χ0v) is 9.65. The SMILES string of the molecule is C[C@@H](O)C#CC#CC#CC#C[C@@H]1OC(=O)C[C@@H]1O. The molecule has 4 heteroatoms. The lowest BCUT2D eigenvalue weighted by Crippen LogP contribution is -2.18. The molecular weight excluding hydrogens is 232 g/mol. The third-order valence-electron chi connectivity index (χ3n) is 1.79. The molecule has 0 bridgehead atoms. The molecule has 0 amide bonds. The summed E-state index contributed by atoms with van der Waals surface area (Å²) in [7, 11) is 0. The average Bonchev–Trinajstić information content (AvgIpc) is 2.61. The minimum Gasteiger partial charge on any atom is -0.446 e. The van der Waals surface area contributed by atoms with Gasteiger partial charge in [-0.25, -0.2) is 0 Å². The van der Waals surface area contributed by atoms with Crippen LogP contribution in [0, 0.1) is 47.4 Å². The van der Waals surface area contributed by atoms with Crippen LogP contribution < -0.4 is 0 Å². The highest BCUT2D eigenvalue weighted by Gasteiger charge is 2.31. The van der Waals surface area contributed by atoms with Gasteiger partial charge in [-0.15, -0.1) is 0 Å². The van der Waals surface area contributed by atoms with Gasteiger partial charge in [0.15, 0.2) is 6.10 Å². The normalized spacial score (nSPS) is 21.6. The van der Waals surface area contributed by atoms with Gasteiger partial charge in [0.25, 0.3) is 0 Å². The van der Waals surface area contributed by atoms with E-state index in [2.05, 4.69) is 47.4 Å². The van der Waals surface area contributed by atoms with Gasteiger partial charge in [0.2, 0.25) is 0 Å². The van der Waals surface area contributed by atoms with Crippen molar-refractivity contribution in [2.75, 3.05) is 0 Å². The van der Waals surface area contributed by atoms with Crippen LogP contribution in [-0.4, -0.2) is 34.5 Å². The van der Waals surface area contributed by atoms with Crippen molar-refractivity contribution in [3.8, 4) is 47.4 Å². The Morgan fingerprint density at radius 2 is 1.83 bits per heavy atom. The van der Waals surface area contributed by atoms with E-state index in [9.17, 15) is 9.90 Å². The molecule has 2 N–H and O–H groups in total. The van der Waals surface area contributed by atoms with Gasteiger partial charge in [-0.3, -0.25) is 4.79 Å². The second-order valence-electron chi connectivity index (χ2n) is 3.40. The van der Waals surface area contributed by atoms with Crippen molar-refractivity contribution in [2.24, 2.45) is 0 Å². The third-order valence-corrected chi connectivity index (χ3v) is 1.79. The Hall–Kier alpha value is -2.37. The molecule has 1 heterocycles. The van der Waals surface area contributed by atoms with Crippen molar-refractivity contribution in [2.45, 2.75) is 31.7 Å². The number of aliphatic hydroxyl groups is 2. The van der Waals surface area contributed by atoms with E-state index in [4.69, 9.17) is 9.84 Å². The highest BCUT2D eigenvalue weighted by Crippen LogP contribution is 2.13. The molecule has 0 spiro atoms. The van der Waals surface area contributed by atoms with Crippen LogP contribution in [0.2, 0.25) is 0 Å². The standard InChI is InChI=1S/C14H10O4/c1-11(15)8-6-4-2-3-5-7-9-13-12(16)10-14(17)18-13/h11-13,15-16H,10H2,1H3/t11-,12+,13+/m1/s1. The molecular formula is C14H10O4. The zero-order chi connectivity index (χ0) is 13.4. The van der Waals surface area contributed by atoms with Gasteiger partial charge < -0.3 is 14.9 Å². The number of cyclic esters (lactones) is 1. The summed E-state index contributed by atoms with van der Waals surface area (Å²) in [6, 6.07) is 0. The van der Waals surface area contributed by atoms with Crippen LogP contribution in [0.15, 0.2) is 0 Å². The van der Waals surface area contributed by atoms with Crippen LogP contribution in [0.3, 0.4) is 0 Å². The van der Waals surface area contributed by atoms with E-state index in [0.717, 1.165) is 0 Å².